The average Bonchev–Trinajstić information content (AvgIpc) is 2.45. The van der Waals surface area contributed by atoms with Gasteiger partial charge in [0.05, 0.1) is 19.2 Å². The maximum Gasteiger partial charge on any atom is 0.229 e. The molecule has 0 heterocycles. The number of methoxy groups -OCH3 is 1. The van der Waals surface area contributed by atoms with Crippen molar-refractivity contribution >= 4 is 46.4 Å². The summed E-state index contributed by atoms with van der Waals surface area (Å²) in [6.45, 7) is 0. The van der Waals surface area contributed by atoms with E-state index in [1.807, 2.05) is 0 Å². The molecule has 0 atom stereocenters. The number of benzene rings is 2. The van der Waals surface area contributed by atoms with Gasteiger partial charge in [-0.2, -0.15) is 0 Å². The van der Waals surface area contributed by atoms with Gasteiger partial charge in [0, 0.05) is 21.1 Å². The number of anilines is 1. The van der Waals surface area contributed by atoms with Gasteiger partial charge in [-0.25, -0.2) is 0 Å². The zero-order valence-electron chi connectivity index (χ0n) is 11.1. The number of amides is 1. The Bertz CT molecular complexity index is 654. The van der Waals surface area contributed by atoms with Gasteiger partial charge in [0.15, 0.2) is 0 Å². The Balaban J connectivity index is 2.16. The SMILES string of the molecule is COc1cc(Cl)ccc1NC(=O)Cc1c(Cl)cccc1Cl. The first kappa shape index (κ1) is 16.0. The van der Waals surface area contributed by atoms with Crippen LogP contribution in [0.25, 0.3) is 0 Å². The van der Waals surface area contributed by atoms with E-state index in [9.17, 15) is 4.79 Å². The molecule has 0 aliphatic carbocycles. The van der Waals surface area contributed by atoms with Gasteiger partial charge < -0.3 is 10.1 Å². The first-order valence-corrected chi connectivity index (χ1v) is 7.21. The summed E-state index contributed by atoms with van der Waals surface area (Å²) in [4.78, 5) is 12.1. The van der Waals surface area contributed by atoms with Crippen LogP contribution in [0.15, 0.2) is 36.4 Å². The number of rotatable bonds is 4. The first-order valence-electron chi connectivity index (χ1n) is 6.07. The maximum absolute atomic E-state index is 12.1. The standard InChI is InChI=1S/C15H12Cl3NO2/c1-21-14-7-9(16)5-6-13(14)19-15(20)8-10-11(17)3-2-4-12(10)18/h2-7H,8H2,1H3,(H,19,20). The van der Waals surface area contributed by atoms with E-state index >= 15 is 0 Å². The summed E-state index contributed by atoms with van der Waals surface area (Å²) in [5.74, 6) is 0.242. The first-order chi connectivity index (χ1) is 10.0. The lowest BCUT2D eigenvalue weighted by Crippen LogP contribution is -2.15. The molecule has 3 nitrogen and oxygen atoms in total. The van der Waals surface area contributed by atoms with E-state index in [4.69, 9.17) is 39.5 Å². The Labute approximate surface area is 137 Å². The van der Waals surface area contributed by atoms with Gasteiger partial charge in [-0.05, 0) is 29.8 Å². The van der Waals surface area contributed by atoms with Crippen LogP contribution in [0, 0.1) is 0 Å². The third-order valence-corrected chi connectivity index (χ3v) is 3.78. The molecule has 0 unspecified atom stereocenters. The predicted octanol–water partition coefficient (Wildman–Crippen LogP) is 4.84. The van der Waals surface area contributed by atoms with Crippen LogP contribution in [0.2, 0.25) is 15.1 Å². The van der Waals surface area contributed by atoms with Gasteiger partial charge >= 0.3 is 0 Å². The summed E-state index contributed by atoms with van der Waals surface area (Å²) in [5.41, 5.74) is 1.13. The topological polar surface area (TPSA) is 38.3 Å². The van der Waals surface area contributed by atoms with Crippen molar-refractivity contribution in [2.24, 2.45) is 0 Å². The lowest BCUT2D eigenvalue weighted by Gasteiger charge is -2.11. The Morgan fingerprint density at radius 2 is 1.81 bits per heavy atom. The van der Waals surface area contributed by atoms with Gasteiger partial charge in [-0.15, -0.1) is 0 Å². The van der Waals surface area contributed by atoms with Crippen LogP contribution in [0.3, 0.4) is 0 Å². The van der Waals surface area contributed by atoms with Crippen LogP contribution in [0.4, 0.5) is 5.69 Å². The molecule has 0 aromatic heterocycles. The molecule has 0 bridgehead atoms. The van der Waals surface area contributed by atoms with Gasteiger partial charge in [0.1, 0.15) is 5.75 Å². The fourth-order valence-corrected chi connectivity index (χ4v) is 2.52. The van der Waals surface area contributed by atoms with E-state index in [0.29, 0.717) is 32.1 Å². The molecule has 0 aliphatic heterocycles. The molecule has 0 spiro atoms. The van der Waals surface area contributed by atoms with Crippen LogP contribution in [-0.2, 0) is 11.2 Å². The number of carbonyl (C=O) groups excluding carboxylic acids is 1. The number of hydrogen-bond acceptors (Lipinski definition) is 2. The highest BCUT2D eigenvalue weighted by molar-refractivity contribution is 6.36. The smallest absolute Gasteiger partial charge is 0.229 e. The minimum Gasteiger partial charge on any atom is -0.495 e. The summed E-state index contributed by atoms with van der Waals surface area (Å²) < 4.78 is 5.17. The zero-order chi connectivity index (χ0) is 15.4. The number of carbonyl (C=O) groups is 1. The molecule has 0 saturated carbocycles. The van der Waals surface area contributed by atoms with Crippen LogP contribution in [-0.4, -0.2) is 13.0 Å². The number of nitrogens with one attached hydrogen (secondary N) is 1. The average molecular weight is 345 g/mol. The Morgan fingerprint density at radius 1 is 1.14 bits per heavy atom. The highest BCUT2D eigenvalue weighted by Crippen LogP contribution is 2.29. The molecular formula is C15H12Cl3NO2. The van der Waals surface area contributed by atoms with Crippen LogP contribution < -0.4 is 10.1 Å². The minimum absolute atomic E-state index is 0.0737. The van der Waals surface area contributed by atoms with Gasteiger partial charge in [0.2, 0.25) is 5.91 Å². The molecule has 1 amide bonds. The fourth-order valence-electron chi connectivity index (χ4n) is 1.82. The van der Waals surface area contributed by atoms with Crippen molar-refractivity contribution in [3.05, 3.63) is 57.0 Å². The number of ether oxygens (including phenoxy) is 1. The van der Waals surface area contributed by atoms with Crippen molar-refractivity contribution in [3.8, 4) is 5.75 Å². The second kappa shape index (κ2) is 7.03. The normalized spacial score (nSPS) is 10.3. The summed E-state index contributed by atoms with van der Waals surface area (Å²) >= 11 is 18.0. The van der Waals surface area contributed by atoms with Crippen molar-refractivity contribution in [2.75, 3.05) is 12.4 Å². The van der Waals surface area contributed by atoms with E-state index in [0.717, 1.165) is 0 Å². The molecule has 0 saturated heterocycles. The largest absolute Gasteiger partial charge is 0.495 e. The van der Waals surface area contributed by atoms with E-state index < -0.39 is 0 Å². The molecule has 2 aromatic carbocycles. The van der Waals surface area contributed by atoms with Crippen molar-refractivity contribution in [3.63, 3.8) is 0 Å². The Morgan fingerprint density at radius 3 is 2.43 bits per heavy atom. The molecule has 2 aromatic rings. The van der Waals surface area contributed by atoms with Crippen molar-refractivity contribution in [1.82, 2.24) is 0 Å². The predicted molar refractivity (Wildman–Crippen MR) is 86.8 cm³/mol. The van der Waals surface area contributed by atoms with E-state index in [-0.39, 0.29) is 12.3 Å². The molecule has 1 N–H and O–H groups in total. The zero-order valence-corrected chi connectivity index (χ0v) is 13.4. The maximum atomic E-state index is 12.1. The van der Waals surface area contributed by atoms with Crippen LogP contribution in [0.1, 0.15) is 5.56 Å². The minimum atomic E-state index is -0.245. The van der Waals surface area contributed by atoms with Crippen molar-refractivity contribution in [2.45, 2.75) is 6.42 Å². The third-order valence-electron chi connectivity index (χ3n) is 2.84. The highest BCUT2D eigenvalue weighted by Gasteiger charge is 2.13. The van der Waals surface area contributed by atoms with Crippen LogP contribution in [0.5, 0.6) is 5.75 Å². The van der Waals surface area contributed by atoms with Gasteiger partial charge in [-0.3, -0.25) is 4.79 Å². The second-order valence-corrected chi connectivity index (χ2v) is 5.52. The summed E-state index contributed by atoms with van der Waals surface area (Å²) in [7, 11) is 1.51. The summed E-state index contributed by atoms with van der Waals surface area (Å²) in [5, 5.41) is 4.20. The molecular weight excluding hydrogens is 333 g/mol. The highest BCUT2D eigenvalue weighted by atomic mass is 35.5. The molecule has 21 heavy (non-hydrogen) atoms. The molecule has 2 rings (SSSR count). The Hall–Kier alpha value is -1.42. The molecule has 0 fully saturated rings. The summed E-state index contributed by atoms with van der Waals surface area (Å²) in [6.07, 6.45) is 0.0737. The number of halogens is 3. The summed E-state index contributed by atoms with van der Waals surface area (Å²) in [6, 6.07) is 10.1. The van der Waals surface area contributed by atoms with E-state index in [1.54, 1.807) is 36.4 Å². The quantitative estimate of drug-likeness (QED) is 0.862. The fraction of sp³-hybridized carbons (Fsp3) is 0.133. The molecule has 0 radical (unpaired) electrons. The lowest BCUT2D eigenvalue weighted by molar-refractivity contribution is -0.115. The van der Waals surface area contributed by atoms with E-state index in [2.05, 4.69) is 5.32 Å². The monoisotopic (exact) mass is 343 g/mol. The van der Waals surface area contributed by atoms with Crippen molar-refractivity contribution < 1.29 is 9.53 Å². The van der Waals surface area contributed by atoms with Gasteiger partial charge in [-0.1, -0.05) is 40.9 Å². The molecule has 0 aliphatic rings. The molecule has 6 heteroatoms. The molecule has 110 valence electrons. The third kappa shape index (κ3) is 4.03. The second-order valence-electron chi connectivity index (χ2n) is 4.27. The van der Waals surface area contributed by atoms with E-state index in [1.165, 1.54) is 7.11 Å². The van der Waals surface area contributed by atoms with Crippen molar-refractivity contribution in [1.29, 1.82) is 0 Å². The Kier molecular flexibility index (Phi) is 5.34. The van der Waals surface area contributed by atoms with Gasteiger partial charge in [0.25, 0.3) is 0 Å². The lowest BCUT2D eigenvalue weighted by atomic mass is 10.1. The number of hydrogen-bond donors (Lipinski definition) is 1. The van der Waals surface area contributed by atoms with Crippen LogP contribution >= 0.6 is 34.8 Å².